The number of hydrogen-bond donors (Lipinski definition) is 0. The molecule has 0 unspecified atom stereocenters. The van der Waals surface area contributed by atoms with Gasteiger partial charge in [-0.3, -0.25) is 4.79 Å². The van der Waals surface area contributed by atoms with Crippen molar-refractivity contribution in [1.82, 2.24) is 0 Å². The number of carbonyl (C=O) groups is 2. The first-order valence-corrected chi connectivity index (χ1v) is 8.93. The summed E-state index contributed by atoms with van der Waals surface area (Å²) in [6, 6.07) is 13.7. The normalized spacial score (nSPS) is 11.9. The van der Waals surface area contributed by atoms with Gasteiger partial charge < -0.3 is 9.90 Å². The van der Waals surface area contributed by atoms with Crippen LogP contribution in [0.1, 0.15) is 18.1 Å². The van der Waals surface area contributed by atoms with Crippen LogP contribution in [0.3, 0.4) is 0 Å². The minimum absolute atomic E-state index is 0. The molecule has 0 saturated heterocycles. The molecule has 124 valence electrons. The second-order valence-corrected chi connectivity index (χ2v) is 7.27. The van der Waals surface area contributed by atoms with E-state index in [9.17, 15) is 23.1 Å². The summed E-state index contributed by atoms with van der Waals surface area (Å²) in [7, 11) is -3.38. The molecule has 0 atom stereocenters. The van der Waals surface area contributed by atoms with Gasteiger partial charge in [0.1, 0.15) is 0 Å². The zero-order chi connectivity index (χ0) is 17.9. The fraction of sp³-hybridized carbons (Fsp3) is 0.111. The molecule has 0 saturated carbocycles. The summed E-state index contributed by atoms with van der Waals surface area (Å²) in [6.07, 6.45) is 1.07. The van der Waals surface area contributed by atoms with Crippen molar-refractivity contribution in [3.05, 3.63) is 65.7 Å². The number of carboxylic acids is 1. The molecule has 7 heteroatoms. The van der Waals surface area contributed by atoms with Gasteiger partial charge in [0, 0.05) is 17.4 Å². The summed E-state index contributed by atoms with van der Waals surface area (Å²) in [4.78, 5) is 23.8. The van der Waals surface area contributed by atoms with Crippen LogP contribution in [-0.2, 0) is 19.4 Å². The number of rotatable bonds is 5. The van der Waals surface area contributed by atoms with E-state index in [0.29, 0.717) is 11.1 Å². The quantitative estimate of drug-likeness (QED) is 0.359. The minimum atomic E-state index is -3.38. The van der Waals surface area contributed by atoms with Gasteiger partial charge in [0.15, 0.2) is 15.6 Å². The molecule has 2 aromatic carbocycles. The van der Waals surface area contributed by atoms with Gasteiger partial charge in [0.2, 0.25) is 0 Å². The van der Waals surface area contributed by atoms with E-state index in [1.54, 1.807) is 30.3 Å². The van der Waals surface area contributed by atoms with E-state index in [4.69, 9.17) is 0 Å². The van der Waals surface area contributed by atoms with Crippen LogP contribution in [0, 0.1) is 0 Å². The Kier molecular flexibility index (Phi) is 7.31. The van der Waals surface area contributed by atoms with Crippen LogP contribution in [0.5, 0.6) is 0 Å². The first-order chi connectivity index (χ1) is 11.2. The Hall–Kier alpha value is -1.73. The number of allylic oxidation sites excluding steroid dienone is 1. The van der Waals surface area contributed by atoms with Gasteiger partial charge >= 0.3 is 29.6 Å². The summed E-state index contributed by atoms with van der Waals surface area (Å²) in [5, 5.41) is 11.6. The fourth-order valence-corrected chi connectivity index (χ4v) is 2.99. The molecule has 0 bridgehead atoms. The molecule has 0 aliphatic rings. The van der Waals surface area contributed by atoms with Crippen LogP contribution in [0.4, 0.5) is 0 Å². The van der Waals surface area contributed by atoms with E-state index in [2.05, 4.69) is 0 Å². The van der Waals surface area contributed by atoms with Crippen molar-refractivity contribution < 1.29 is 52.7 Å². The molecule has 0 fully saturated rings. The summed E-state index contributed by atoms with van der Waals surface area (Å²) in [6.45, 7) is 1.26. The number of carboxylic acid groups (broad SMARTS) is 1. The van der Waals surface area contributed by atoms with Crippen molar-refractivity contribution in [1.29, 1.82) is 0 Å². The Labute approximate surface area is 168 Å². The van der Waals surface area contributed by atoms with E-state index >= 15 is 0 Å². The summed E-state index contributed by atoms with van der Waals surface area (Å²) < 4.78 is 23.1. The Morgan fingerprint density at radius 1 is 0.840 bits per heavy atom. The molecule has 0 heterocycles. The maximum Gasteiger partial charge on any atom is 1.00 e. The average Bonchev–Trinajstić information content (AvgIpc) is 2.52. The van der Waals surface area contributed by atoms with E-state index in [-0.39, 0.29) is 45.6 Å². The van der Waals surface area contributed by atoms with E-state index in [1.165, 1.54) is 31.2 Å². The molecule has 0 aromatic heterocycles. The van der Waals surface area contributed by atoms with Gasteiger partial charge in [-0.15, -0.1) is 0 Å². The fourth-order valence-electron chi connectivity index (χ4n) is 2.36. The first kappa shape index (κ1) is 21.3. The van der Waals surface area contributed by atoms with Gasteiger partial charge in [-0.2, -0.15) is 0 Å². The van der Waals surface area contributed by atoms with Gasteiger partial charge in [-0.1, -0.05) is 42.5 Å². The van der Waals surface area contributed by atoms with Crippen LogP contribution >= 0.6 is 0 Å². The predicted octanol–water partition coefficient (Wildman–Crippen LogP) is -1.66. The van der Waals surface area contributed by atoms with Crippen LogP contribution in [-0.4, -0.2) is 26.4 Å². The molecule has 0 radical (unpaired) electrons. The third-order valence-corrected chi connectivity index (χ3v) is 4.57. The molecule has 2 rings (SSSR count). The molecular weight excluding hydrogens is 351 g/mol. The van der Waals surface area contributed by atoms with Gasteiger partial charge in [-0.05, 0) is 30.2 Å². The second kappa shape index (κ2) is 8.58. The van der Waals surface area contributed by atoms with Crippen molar-refractivity contribution in [3.63, 3.8) is 0 Å². The van der Waals surface area contributed by atoms with Crippen molar-refractivity contribution >= 4 is 32.7 Å². The molecule has 0 aliphatic carbocycles. The van der Waals surface area contributed by atoms with Crippen molar-refractivity contribution in [2.24, 2.45) is 0 Å². The number of Topliss-reactive ketones (excluding diaryl/α,β-unsaturated/α-hetero) is 1. The summed E-state index contributed by atoms with van der Waals surface area (Å²) >= 11 is 0. The van der Waals surface area contributed by atoms with E-state index in [0.717, 1.165) is 6.26 Å². The number of sulfone groups is 1. The maximum atomic E-state index is 12.1. The molecule has 0 N–H and O–H groups in total. The standard InChI is InChI=1S/C18H16O5S.Na/c1-12(19)16(14-8-10-15(11-9-14)24(2,22)23)17(18(20)21)13-6-4-3-5-7-13;/h3-11H,1-2H3,(H,20,21);/q;+1/p-1/b17-16+;. The Balaban J connectivity index is 0.00000312. The monoisotopic (exact) mass is 366 g/mol. The molecular formula is C18H15NaO5S. The van der Waals surface area contributed by atoms with Gasteiger partial charge in [-0.25, -0.2) is 8.42 Å². The van der Waals surface area contributed by atoms with E-state index in [1.807, 2.05) is 0 Å². The largest absolute Gasteiger partial charge is 1.00 e. The Bertz CT molecular complexity index is 914. The zero-order valence-corrected chi connectivity index (χ0v) is 17.0. The van der Waals surface area contributed by atoms with Gasteiger partial charge in [0.05, 0.1) is 10.9 Å². The predicted molar refractivity (Wildman–Crippen MR) is 88.5 cm³/mol. The number of aliphatic carboxylic acids is 1. The van der Waals surface area contributed by atoms with Crippen LogP contribution in [0.15, 0.2) is 59.5 Å². The van der Waals surface area contributed by atoms with Crippen LogP contribution in [0.2, 0.25) is 0 Å². The van der Waals surface area contributed by atoms with Gasteiger partial charge in [0.25, 0.3) is 0 Å². The summed E-state index contributed by atoms with van der Waals surface area (Å²) in [5.74, 6) is -1.93. The molecule has 5 nitrogen and oxygen atoms in total. The summed E-state index contributed by atoms with van der Waals surface area (Å²) in [5.41, 5.74) is 0.407. The maximum absolute atomic E-state index is 12.1. The third-order valence-electron chi connectivity index (χ3n) is 3.44. The van der Waals surface area contributed by atoms with E-state index < -0.39 is 21.6 Å². The van der Waals surface area contributed by atoms with Crippen LogP contribution < -0.4 is 34.7 Å². The molecule has 0 aliphatic heterocycles. The van der Waals surface area contributed by atoms with Crippen molar-refractivity contribution in [2.45, 2.75) is 11.8 Å². The molecule has 0 spiro atoms. The molecule has 25 heavy (non-hydrogen) atoms. The number of carbonyl (C=O) groups excluding carboxylic acids is 2. The van der Waals surface area contributed by atoms with Crippen molar-refractivity contribution in [3.8, 4) is 0 Å². The molecule has 2 aromatic rings. The smallest absolute Gasteiger partial charge is 0.545 e. The number of benzene rings is 2. The number of hydrogen-bond acceptors (Lipinski definition) is 5. The number of ketones is 1. The first-order valence-electron chi connectivity index (χ1n) is 7.04. The average molecular weight is 366 g/mol. The SMILES string of the molecule is CC(=O)/C(=C(\C(=O)[O-])c1ccccc1)c1ccc(S(C)(=O)=O)cc1.[Na+]. The van der Waals surface area contributed by atoms with Crippen molar-refractivity contribution in [2.75, 3.05) is 6.26 Å². The third kappa shape index (κ3) is 5.12. The zero-order valence-electron chi connectivity index (χ0n) is 14.1. The van der Waals surface area contributed by atoms with Crippen LogP contribution in [0.25, 0.3) is 11.1 Å². The Morgan fingerprint density at radius 3 is 1.72 bits per heavy atom. The second-order valence-electron chi connectivity index (χ2n) is 5.26. The molecule has 0 amide bonds. The topological polar surface area (TPSA) is 91.3 Å². The Morgan fingerprint density at radius 2 is 1.32 bits per heavy atom. The minimum Gasteiger partial charge on any atom is -0.545 e.